The lowest BCUT2D eigenvalue weighted by molar-refractivity contribution is 0.0759. The van der Waals surface area contributed by atoms with E-state index in [9.17, 15) is 8.42 Å². The molecule has 0 aromatic carbocycles. The van der Waals surface area contributed by atoms with Gasteiger partial charge in [0.05, 0.1) is 12.4 Å². The zero-order valence-corrected chi connectivity index (χ0v) is 12.7. The summed E-state index contributed by atoms with van der Waals surface area (Å²) in [4.78, 5) is 0. The fraction of sp³-hybridized carbons (Fsp3) is 1.00. The monoisotopic (exact) mass is 284 g/mol. The molecule has 3 nitrogen and oxygen atoms in total. The Morgan fingerprint density at radius 1 is 1.12 bits per heavy atom. The molecule has 0 fully saturated rings. The Morgan fingerprint density at radius 3 is 2.18 bits per heavy atom. The standard InChI is InChI=1S/C12H25ClO3S/c1-4-6-11(3)8-16-9-12(7-5-2)10-17(13,14)15/h11-12H,4-10H2,1-3H3. The van der Waals surface area contributed by atoms with Crippen molar-refractivity contribution >= 4 is 19.7 Å². The van der Waals surface area contributed by atoms with Crippen molar-refractivity contribution in [3.63, 3.8) is 0 Å². The lowest BCUT2D eigenvalue weighted by atomic mass is 10.1. The SMILES string of the molecule is CCCC(C)COCC(CCC)CS(=O)(=O)Cl. The number of hydrogen-bond acceptors (Lipinski definition) is 3. The van der Waals surface area contributed by atoms with Gasteiger partial charge in [0.2, 0.25) is 9.05 Å². The van der Waals surface area contributed by atoms with E-state index in [0.29, 0.717) is 19.1 Å². The van der Waals surface area contributed by atoms with Crippen LogP contribution < -0.4 is 0 Å². The van der Waals surface area contributed by atoms with Crippen molar-refractivity contribution in [2.24, 2.45) is 11.8 Å². The van der Waals surface area contributed by atoms with Crippen LogP contribution in [0.3, 0.4) is 0 Å². The summed E-state index contributed by atoms with van der Waals surface area (Å²) >= 11 is 0. The van der Waals surface area contributed by atoms with E-state index in [1.54, 1.807) is 0 Å². The Labute approximate surface area is 110 Å². The summed E-state index contributed by atoms with van der Waals surface area (Å²) in [6.07, 6.45) is 4.09. The van der Waals surface area contributed by atoms with Crippen molar-refractivity contribution in [2.75, 3.05) is 19.0 Å². The van der Waals surface area contributed by atoms with Crippen molar-refractivity contribution in [1.82, 2.24) is 0 Å². The summed E-state index contributed by atoms with van der Waals surface area (Å²) in [5, 5.41) is 0. The molecule has 0 spiro atoms. The molecular weight excluding hydrogens is 260 g/mol. The lowest BCUT2D eigenvalue weighted by Crippen LogP contribution is -2.19. The van der Waals surface area contributed by atoms with Crippen LogP contribution in [0.1, 0.15) is 46.5 Å². The molecule has 0 aliphatic rings. The van der Waals surface area contributed by atoms with Gasteiger partial charge < -0.3 is 4.74 Å². The van der Waals surface area contributed by atoms with E-state index in [2.05, 4.69) is 13.8 Å². The molecule has 0 aromatic rings. The van der Waals surface area contributed by atoms with Crippen LogP contribution in [0.4, 0.5) is 0 Å². The van der Waals surface area contributed by atoms with Crippen molar-refractivity contribution in [1.29, 1.82) is 0 Å². The van der Waals surface area contributed by atoms with Crippen LogP contribution in [-0.2, 0) is 13.8 Å². The first-order valence-corrected chi connectivity index (χ1v) is 8.86. The summed E-state index contributed by atoms with van der Waals surface area (Å²) in [5.41, 5.74) is 0. The minimum atomic E-state index is -3.41. The maximum Gasteiger partial charge on any atom is 0.232 e. The quantitative estimate of drug-likeness (QED) is 0.577. The summed E-state index contributed by atoms with van der Waals surface area (Å²) in [7, 11) is 1.86. The van der Waals surface area contributed by atoms with Crippen molar-refractivity contribution in [3.8, 4) is 0 Å². The first kappa shape index (κ1) is 17.2. The largest absolute Gasteiger partial charge is 0.381 e. The van der Waals surface area contributed by atoms with Crippen LogP contribution in [-0.4, -0.2) is 27.4 Å². The Morgan fingerprint density at radius 2 is 1.71 bits per heavy atom. The van der Waals surface area contributed by atoms with Crippen LogP contribution in [0.2, 0.25) is 0 Å². The highest BCUT2D eigenvalue weighted by Crippen LogP contribution is 2.14. The van der Waals surface area contributed by atoms with Gasteiger partial charge in [-0.2, -0.15) is 0 Å². The predicted molar refractivity (Wildman–Crippen MR) is 72.9 cm³/mol. The number of ether oxygens (including phenoxy) is 1. The zero-order chi connectivity index (χ0) is 13.3. The maximum absolute atomic E-state index is 11.0. The van der Waals surface area contributed by atoms with E-state index >= 15 is 0 Å². The van der Waals surface area contributed by atoms with Crippen molar-refractivity contribution < 1.29 is 13.2 Å². The van der Waals surface area contributed by atoms with Gasteiger partial charge in [-0.15, -0.1) is 0 Å². The maximum atomic E-state index is 11.0. The van der Waals surface area contributed by atoms with E-state index in [1.165, 1.54) is 0 Å². The molecule has 0 amide bonds. The summed E-state index contributed by atoms with van der Waals surface area (Å²) < 4.78 is 27.6. The second-order valence-electron chi connectivity index (χ2n) is 4.79. The highest BCUT2D eigenvalue weighted by Gasteiger charge is 2.17. The van der Waals surface area contributed by atoms with Gasteiger partial charge >= 0.3 is 0 Å². The fourth-order valence-corrected chi connectivity index (χ4v) is 3.28. The summed E-state index contributed by atoms with van der Waals surface area (Å²) in [6.45, 7) is 7.53. The fourth-order valence-electron chi connectivity index (χ4n) is 1.92. The van der Waals surface area contributed by atoms with Gasteiger partial charge in [0.1, 0.15) is 0 Å². The summed E-state index contributed by atoms with van der Waals surface area (Å²) in [6, 6.07) is 0. The average Bonchev–Trinajstić information content (AvgIpc) is 2.15. The second-order valence-corrected chi connectivity index (χ2v) is 7.61. The van der Waals surface area contributed by atoms with E-state index < -0.39 is 9.05 Å². The number of rotatable bonds is 10. The molecule has 2 atom stereocenters. The molecule has 0 aliphatic carbocycles. The molecule has 0 saturated heterocycles. The molecule has 0 rings (SSSR count). The molecule has 0 N–H and O–H groups in total. The van der Waals surface area contributed by atoms with Crippen LogP contribution in [0.15, 0.2) is 0 Å². The third kappa shape index (κ3) is 11.0. The first-order chi connectivity index (χ1) is 7.89. The summed E-state index contributed by atoms with van der Waals surface area (Å²) in [5.74, 6) is 0.580. The van der Waals surface area contributed by atoms with Gasteiger partial charge in [-0.3, -0.25) is 0 Å². The topological polar surface area (TPSA) is 43.4 Å². The zero-order valence-electron chi connectivity index (χ0n) is 11.1. The van der Waals surface area contributed by atoms with Gasteiger partial charge in [-0.25, -0.2) is 8.42 Å². The van der Waals surface area contributed by atoms with Crippen LogP contribution in [0.5, 0.6) is 0 Å². The Hall–Kier alpha value is 0.200. The van der Waals surface area contributed by atoms with Crippen molar-refractivity contribution in [2.45, 2.75) is 46.5 Å². The Balaban J connectivity index is 3.93. The first-order valence-electron chi connectivity index (χ1n) is 6.39. The van der Waals surface area contributed by atoms with Gasteiger partial charge in [0, 0.05) is 17.3 Å². The molecular formula is C12H25ClO3S. The van der Waals surface area contributed by atoms with Crippen LogP contribution in [0.25, 0.3) is 0 Å². The molecule has 0 saturated carbocycles. The highest BCUT2D eigenvalue weighted by molar-refractivity contribution is 8.13. The van der Waals surface area contributed by atoms with Gasteiger partial charge in [0.15, 0.2) is 0 Å². The third-order valence-electron chi connectivity index (χ3n) is 2.67. The van der Waals surface area contributed by atoms with E-state index in [1.807, 2.05) is 6.92 Å². The van der Waals surface area contributed by atoms with Crippen molar-refractivity contribution in [3.05, 3.63) is 0 Å². The van der Waals surface area contributed by atoms with Gasteiger partial charge in [-0.1, -0.05) is 33.6 Å². The molecule has 0 aliphatic heterocycles. The molecule has 0 aromatic heterocycles. The Kier molecular flexibility index (Phi) is 9.28. The van der Waals surface area contributed by atoms with Gasteiger partial charge in [0.25, 0.3) is 0 Å². The smallest absolute Gasteiger partial charge is 0.232 e. The van der Waals surface area contributed by atoms with Crippen LogP contribution in [0, 0.1) is 11.8 Å². The second kappa shape index (κ2) is 9.17. The number of halogens is 1. The molecule has 0 bridgehead atoms. The average molecular weight is 285 g/mol. The molecule has 17 heavy (non-hydrogen) atoms. The Bertz CT molecular complexity index is 277. The van der Waals surface area contributed by atoms with E-state index in [-0.39, 0.29) is 11.7 Å². The third-order valence-corrected chi connectivity index (χ3v) is 3.92. The molecule has 104 valence electrons. The number of hydrogen-bond donors (Lipinski definition) is 0. The molecule has 0 heterocycles. The highest BCUT2D eigenvalue weighted by atomic mass is 35.7. The molecule has 5 heteroatoms. The van der Waals surface area contributed by atoms with E-state index in [4.69, 9.17) is 15.4 Å². The minimum absolute atomic E-state index is 0.0184. The lowest BCUT2D eigenvalue weighted by Gasteiger charge is -2.16. The predicted octanol–water partition coefficient (Wildman–Crippen LogP) is 3.42. The molecule has 0 radical (unpaired) electrons. The van der Waals surface area contributed by atoms with E-state index in [0.717, 1.165) is 25.7 Å². The molecule has 2 unspecified atom stereocenters. The van der Waals surface area contributed by atoms with Gasteiger partial charge in [-0.05, 0) is 24.7 Å². The normalized spacial score (nSPS) is 15.8. The minimum Gasteiger partial charge on any atom is -0.381 e. The van der Waals surface area contributed by atoms with Crippen LogP contribution >= 0.6 is 10.7 Å².